The second kappa shape index (κ2) is 8.04. The lowest BCUT2D eigenvalue weighted by Crippen LogP contribution is -2.42. The Morgan fingerprint density at radius 2 is 1.67 bits per heavy atom. The van der Waals surface area contributed by atoms with Gasteiger partial charge in [-0.15, -0.1) is 23.2 Å². The van der Waals surface area contributed by atoms with Crippen LogP contribution in [0.15, 0.2) is 0 Å². The Bertz CT molecular complexity index is 231. The van der Waals surface area contributed by atoms with Crippen LogP contribution >= 0.6 is 23.2 Å². The molecule has 1 heterocycles. The van der Waals surface area contributed by atoms with Crippen molar-refractivity contribution in [3.05, 3.63) is 0 Å². The first-order valence-corrected chi connectivity index (χ1v) is 8.96. The lowest BCUT2D eigenvalue weighted by atomic mass is 10.1. The van der Waals surface area contributed by atoms with E-state index in [0.717, 1.165) is 31.7 Å². The maximum atomic E-state index is 5.70. The zero-order valence-electron chi connectivity index (χ0n) is 11.2. The molecule has 0 N–H and O–H groups in total. The highest BCUT2D eigenvalue weighted by molar-refractivity contribution is 6.60. The number of rotatable bonds is 10. The number of unbranched alkanes of at least 4 members (excludes halogenated alkanes) is 1. The predicted octanol–water partition coefficient (Wildman–Crippen LogP) is 3.00. The quantitative estimate of drug-likeness (QED) is 0.269. The van der Waals surface area contributed by atoms with E-state index >= 15 is 0 Å². The smallest absolute Gasteiger partial charge is 0.377 e. The van der Waals surface area contributed by atoms with Gasteiger partial charge >= 0.3 is 8.80 Å². The van der Waals surface area contributed by atoms with Gasteiger partial charge in [0, 0.05) is 33.8 Å². The fourth-order valence-corrected chi connectivity index (χ4v) is 4.21. The summed E-state index contributed by atoms with van der Waals surface area (Å²) in [6, 6.07) is 0.835. The summed E-state index contributed by atoms with van der Waals surface area (Å²) < 4.78 is 21.6. The minimum absolute atomic E-state index is 0.249. The normalized spacial score (nSPS) is 23.7. The van der Waals surface area contributed by atoms with Crippen molar-refractivity contribution in [3.63, 3.8) is 0 Å². The van der Waals surface area contributed by atoms with Gasteiger partial charge in [-0.05, 0) is 12.8 Å². The number of hydrogen-bond acceptors (Lipinski definition) is 4. The first-order valence-electron chi connectivity index (χ1n) is 6.16. The van der Waals surface area contributed by atoms with Gasteiger partial charge in [0.15, 0.2) is 0 Å². The van der Waals surface area contributed by atoms with Crippen molar-refractivity contribution >= 4 is 32.0 Å². The molecule has 0 spiro atoms. The number of epoxide rings is 1. The molecule has 0 aliphatic carbocycles. The number of halogens is 2. The molecule has 1 aliphatic rings. The maximum Gasteiger partial charge on any atom is 0.500 e. The molecule has 0 amide bonds. The van der Waals surface area contributed by atoms with E-state index in [1.54, 1.807) is 21.3 Å². The summed E-state index contributed by atoms with van der Waals surface area (Å²) >= 11 is 11.4. The van der Waals surface area contributed by atoms with Crippen LogP contribution in [-0.4, -0.2) is 47.2 Å². The molecule has 0 saturated carbocycles. The third kappa shape index (κ3) is 5.33. The standard InChI is InChI=1S/C11H22Cl2O4Si/c1-14-18(15-2,16-3)7-5-4-6-9-10(17-9)8-11(12)13/h9-11H,4-8H2,1-3H3. The fourth-order valence-electron chi connectivity index (χ4n) is 2.06. The molecule has 108 valence electrons. The van der Waals surface area contributed by atoms with Crippen molar-refractivity contribution < 1.29 is 18.0 Å². The van der Waals surface area contributed by atoms with Crippen LogP contribution in [0.4, 0.5) is 0 Å². The van der Waals surface area contributed by atoms with Crippen molar-refractivity contribution in [2.75, 3.05) is 21.3 Å². The topological polar surface area (TPSA) is 40.2 Å². The largest absolute Gasteiger partial charge is 0.500 e. The molecule has 7 heteroatoms. The Hall–Kier alpha value is 0.637. The van der Waals surface area contributed by atoms with E-state index in [1.165, 1.54) is 0 Å². The molecule has 0 aromatic carbocycles. The Balaban J connectivity index is 2.09. The van der Waals surface area contributed by atoms with E-state index in [-0.39, 0.29) is 10.9 Å². The highest BCUT2D eigenvalue weighted by Crippen LogP contribution is 2.33. The molecule has 18 heavy (non-hydrogen) atoms. The molecule has 2 unspecified atom stereocenters. The van der Waals surface area contributed by atoms with Crippen LogP contribution in [-0.2, 0) is 18.0 Å². The van der Waals surface area contributed by atoms with Gasteiger partial charge in [-0.25, -0.2) is 0 Å². The Labute approximate surface area is 120 Å². The van der Waals surface area contributed by atoms with Gasteiger partial charge < -0.3 is 18.0 Å². The summed E-state index contributed by atoms with van der Waals surface area (Å²) in [5.41, 5.74) is 0. The molecule has 4 nitrogen and oxygen atoms in total. The third-order valence-electron chi connectivity index (χ3n) is 3.25. The van der Waals surface area contributed by atoms with Crippen molar-refractivity contribution in [2.45, 2.75) is 48.8 Å². The monoisotopic (exact) mass is 316 g/mol. The molecule has 0 radical (unpaired) electrons. The molecule has 0 aromatic heterocycles. The van der Waals surface area contributed by atoms with Crippen LogP contribution in [0.1, 0.15) is 25.7 Å². The van der Waals surface area contributed by atoms with Gasteiger partial charge in [0.25, 0.3) is 0 Å². The minimum Gasteiger partial charge on any atom is -0.377 e. The molecular formula is C11H22Cl2O4Si. The highest BCUT2D eigenvalue weighted by atomic mass is 35.5. The van der Waals surface area contributed by atoms with Gasteiger partial charge in [0.2, 0.25) is 0 Å². The zero-order valence-corrected chi connectivity index (χ0v) is 13.7. The summed E-state index contributed by atoms with van der Waals surface area (Å²) in [6.07, 6.45) is 4.42. The Kier molecular flexibility index (Phi) is 7.46. The summed E-state index contributed by atoms with van der Waals surface area (Å²) in [4.78, 5) is -0.324. The number of hydrogen-bond donors (Lipinski definition) is 0. The van der Waals surface area contributed by atoms with Crippen LogP contribution < -0.4 is 0 Å². The third-order valence-corrected chi connectivity index (χ3v) is 6.44. The number of alkyl halides is 2. The summed E-state index contributed by atoms with van der Waals surface area (Å²) in [5, 5.41) is 0. The molecule has 0 bridgehead atoms. The molecule has 1 aliphatic heterocycles. The van der Waals surface area contributed by atoms with E-state index in [1.807, 2.05) is 0 Å². The van der Waals surface area contributed by atoms with Gasteiger partial charge in [-0.1, -0.05) is 6.42 Å². The molecule has 1 fully saturated rings. The summed E-state index contributed by atoms with van der Waals surface area (Å²) in [5.74, 6) is 0. The van der Waals surface area contributed by atoms with Crippen LogP contribution in [0.3, 0.4) is 0 Å². The van der Waals surface area contributed by atoms with Crippen LogP contribution in [0.2, 0.25) is 6.04 Å². The van der Waals surface area contributed by atoms with E-state index in [2.05, 4.69) is 0 Å². The zero-order chi connectivity index (χ0) is 13.6. The van der Waals surface area contributed by atoms with E-state index in [9.17, 15) is 0 Å². The van der Waals surface area contributed by atoms with Gasteiger partial charge in [-0.2, -0.15) is 0 Å². The molecule has 0 aromatic rings. The van der Waals surface area contributed by atoms with Crippen molar-refractivity contribution in [1.29, 1.82) is 0 Å². The minimum atomic E-state index is -2.40. The van der Waals surface area contributed by atoms with E-state index in [0.29, 0.717) is 6.10 Å². The first kappa shape index (κ1) is 16.7. The van der Waals surface area contributed by atoms with Gasteiger partial charge in [-0.3, -0.25) is 0 Å². The van der Waals surface area contributed by atoms with Crippen molar-refractivity contribution in [1.82, 2.24) is 0 Å². The Morgan fingerprint density at radius 3 is 2.17 bits per heavy atom. The molecular weight excluding hydrogens is 295 g/mol. The van der Waals surface area contributed by atoms with Crippen LogP contribution in [0, 0.1) is 0 Å². The van der Waals surface area contributed by atoms with Crippen LogP contribution in [0.5, 0.6) is 0 Å². The molecule has 1 saturated heterocycles. The average molecular weight is 317 g/mol. The fraction of sp³-hybridized carbons (Fsp3) is 1.00. The second-order valence-corrected chi connectivity index (χ2v) is 8.75. The first-order chi connectivity index (χ1) is 8.56. The van der Waals surface area contributed by atoms with Crippen molar-refractivity contribution in [2.24, 2.45) is 0 Å². The lowest BCUT2D eigenvalue weighted by molar-refractivity contribution is 0.122. The van der Waals surface area contributed by atoms with Crippen molar-refractivity contribution in [3.8, 4) is 0 Å². The van der Waals surface area contributed by atoms with E-state index in [4.69, 9.17) is 41.2 Å². The summed E-state index contributed by atoms with van der Waals surface area (Å²) in [7, 11) is 2.52. The second-order valence-electron chi connectivity index (χ2n) is 4.38. The average Bonchev–Trinajstić information content (AvgIpc) is 3.08. The predicted molar refractivity (Wildman–Crippen MR) is 74.2 cm³/mol. The highest BCUT2D eigenvalue weighted by Gasteiger charge is 2.40. The van der Waals surface area contributed by atoms with E-state index < -0.39 is 8.80 Å². The van der Waals surface area contributed by atoms with Crippen LogP contribution in [0.25, 0.3) is 0 Å². The molecule has 2 atom stereocenters. The SMILES string of the molecule is CO[Si](CCCCC1OC1CC(Cl)Cl)(OC)OC. The molecule has 1 rings (SSSR count). The maximum absolute atomic E-state index is 5.70. The number of ether oxygens (including phenoxy) is 1. The van der Waals surface area contributed by atoms with Gasteiger partial charge in [0.05, 0.1) is 12.2 Å². The lowest BCUT2D eigenvalue weighted by Gasteiger charge is -2.24. The Morgan fingerprint density at radius 1 is 1.06 bits per heavy atom. The van der Waals surface area contributed by atoms with Gasteiger partial charge in [0.1, 0.15) is 4.84 Å². The summed E-state index contributed by atoms with van der Waals surface area (Å²) in [6.45, 7) is 0.